The Hall–Kier alpha value is -1.79. The van der Waals surface area contributed by atoms with Crippen molar-refractivity contribution in [2.45, 2.75) is 108 Å². The molecule has 1 aliphatic heterocycles. The second-order valence-corrected chi connectivity index (χ2v) is 21.1. The Balaban J connectivity index is 1.87. The summed E-state index contributed by atoms with van der Waals surface area (Å²) < 4.78 is 20.3. The second kappa shape index (κ2) is 12.6. The molecular formula is C29H44N2O6S2Si. The highest BCUT2D eigenvalue weighted by atomic mass is 33.1. The van der Waals surface area contributed by atoms with Gasteiger partial charge in [0, 0.05) is 28.2 Å². The number of carbonyl (C=O) groups excluding carboxylic acids is 1. The Labute approximate surface area is 246 Å². The minimum absolute atomic E-state index is 0.0119. The molecule has 0 saturated carbocycles. The first kappa shape index (κ1) is 32.7. The SMILES string of the molecule is Cc1cn([C@H]2C[C@@H](OC(=O)c3ccccc3C(C)SSC(C)(C)C)[C@@H](CO[Si](C)(C)C(C)(C)C)O2)c(=O)[nH]c1=O. The number of esters is 1. The molecule has 0 amide bonds. The molecule has 1 aromatic carbocycles. The van der Waals surface area contributed by atoms with E-state index in [-0.39, 0.29) is 28.1 Å². The lowest BCUT2D eigenvalue weighted by molar-refractivity contribution is -0.0498. The number of aryl methyl sites for hydroxylation is 1. The number of hydrogen-bond donors (Lipinski definition) is 1. The maximum atomic E-state index is 13.6. The number of hydrogen-bond acceptors (Lipinski definition) is 8. The number of ether oxygens (including phenoxy) is 2. The van der Waals surface area contributed by atoms with Crippen LogP contribution in [0.1, 0.15) is 87.8 Å². The predicted molar refractivity (Wildman–Crippen MR) is 167 cm³/mol. The molecule has 11 heteroatoms. The van der Waals surface area contributed by atoms with Crippen molar-refractivity contribution >= 4 is 35.9 Å². The monoisotopic (exact) mass is 608 g/mol. The van der Waals surface area contributed by atoms with E-state index in [1.54, 1.807) is 34.6 Å². The lowest BCUT2D eigenvalue weighted by atomic mass is 10.0. The van der Waals surface area contributed by atoms with Gasteiger partial charge in [-0.05, 0) is 43.6 Å². The van der Waals surface area contributed by atoms with Crippen molar-refractivity contribution in [3.05, 3.63) is 68.0 Å². The Kier molecular flexibility index (Phi) is 10.3. The number of carbonyl (C=O) groups is 1. The van der Waals surface area contributed by atoms with Crippen LogP contribution in [0.3, 0.4) is 0 Å². The summed E-state index contributed by atoms with van der Waals surface area (Å²) in [6.45, 7) is 21.2. The van der Waals surface area contributed by atoms with Gasteiger partial charge in [0.15, 0.2) is 8.32 Å². The molecule has 8 nitrogen and oxygen atoms in total. The zero-order chi connectivity index (χ0) is 30.0. The average Bonchev–Trinajstić information content (AvgIpc) is 3.24. The van der Waals surface area contributed by atoms with Crippen LogP contribution >= 0.6 is 21.6 Å². The summed E-state index contributed by atoms with van der Waals surface area (Å²) in [5, 5.41) is 0.0584. The van der Waals surface area contributed by atoms with E-state index in [0.29, 0.717) is 11.1 Å². The van der Waals surface area contributed by atoms with Gasteiger partial charge in [0.2, 0.25) is 0 Å². The molecule has 2 heterocycles. The van der Waals surface area contributed by atoms with Gasteiger partial charge < -0.3 is 13.9 Å². The summed E-state index contributed by atoms with van der Waals surface area (Å²) in [4.78, 5) is 40.5. The predicted octanol–water partition coefficient (Wildman–Crippen LogP) is 6.62. The van der Waals surface area contributed by atoms with Crippen LogP contribution in [0.15, 0.2) is 40.1 Å². The minimum Gasteiger partial charge on any atom is -0.456 e. The molecule has 4 atom stereocenters. The van der Waals surface area contributed by atoms with Crippen LogP contribution in [-0.2, 0) is 13.9 Å². The Morgan fingerprint density at radius 1 is 1.18 bits per heavy atom. The second-order valence-electron chi connectivity index (χ2n) is 12.9. The lowest BCUT2D eigenvalue weighted by Crippen LogP contribution is -2.44. The third-order valence-corrected chi connectivity index (χ3v) is 15.7. The summed E-state index contributed by atoms with van der Waals surface area (Å²) in [6, 6.07) is 7.52. The van der Waals surface area contributed by atoms with Gasteiger partial charge in [0.25, 0.3) is 5.56 Å². The molecule has 0 radical (unpaired) electrons. The van der Waals surface area contributed by atoms with Crippen LogP contribution in [0.2, 0.25) is 18.1 Å². The quantitative estimate of drug-likeness (QED) is 0.193. The molecule has 0 bridgehead atoms. The first-order valence-corrected chi connectivity index (χ1v) is 18.8. The number of aromatic amines is 1. The molecule has 1 fully saturated rings. The number of nitrogens with one attached hydrogen (secondary N) is 1. The van der Waals surface area contributed by atoms with Crippen molar-refractivity contribution in [1.29, 1.82) is 0 Å². The third-order valence-electron chi connectivity index (χ3n) is 7.37. The van der Waals surface area contributed by atoms with Crippen molar-refractivity contribution in [3.63, 3.8) is 0 Å². The van der Waals surface area contributed by atoms with Crippen LogP contribution in [0.25, 0.3) is 0 Å². The van der Waals surface area contributed by atoms with E-state index < -0.39 is 44.0 Å². The molecule has 0 aliphatic carbocycles. The van der Waals surface area contributed by atoms with Gasteiger partial charge >= 0.3 is 11.7 Å². The molecule has 40 heavy (non-hydrogen) atoms. The smallest absolute Gasteiger partial charge is 0.338 e. The van der Waals surface area contributed by atoms with Gasteiger partial charge in [-0.15, -0.1) is 0 Å². The van der Waals surface area contributed by atoms with Gasteiger partial charge in [0.1, 0.15) is 18.4 Å². The first-order valence-electron chi connectivity index (χ1n) is 13.7. The van der Waals surface area contributed by atoms with Gasteiger partial charge in [-0.2, -0.15) is 0 Å². The topological polar surface area (TPSA) is 99.6 Å². The zero-order valence-electron chi connectivity index (χ0n) is 25.3. The number of rotatable bonds is 9. The number of H-pyrrole nitrogens is 1. The summed E-state index contributed by atoms with van der Waals surface area (Å²) in [6.07, 6.45) is -0.168. The Bertz CT molecular complexity index is 1310. The third kappa shape index (κ3) is 8.15. The van der Waals surface area contributed by atoms with E-state index in [2.05, 4.69) is 66.5 Å². The molecule has 0 spiro atoms. The van der Waals surface area contributed by atoms with E-state index >= 15 is 0 Å². The summed E-state index contributed by atoms with van der Waals surface area (Å²) >= 11 is 0. The highest BCUT2D eigenvalue weighted by Gasteiger charge is 2.43. The Morgan fingerprint density at radius 3 is 2.45 bits per heavy atom. The number of nitrogens with zero attached hydrogens (tertiary/aromatic N) is 1. The Morgan fingerprint density at radius 2 is 1.82 bits per heavy atom. The van der Waals surface area contributed by atoms with E-state index in [0.717, 1.165) is 5.56 Å². The maximum Gasteiger partial charge on any atom is 0.338 e. The fraction of sp³-hybridized carbons (Fsp3) is 0.621. The molecular weight excluding hydrogens is 565 g/mol. The normalized spacial score (nSPS) is 20.9. The molecule has 1 aromatic heterocycles. The zero-order valence-corrected chi connectivity index (χ0v) is 28.0. The van der Waals surface area contributed by atoms with Crippen LogP contribution < -0.4 is 11.2 Å². The summed E-state index contributed by atoms with van der Waals surface area (Å²) in [5.41, 5.74) is 0.816. The van der Waals surface area contributed by atoms with E-state index in [4.69, 9.17) is 13.9 Å². The van der Waals surface area contributed by atoms with Crippen LogP contribution in [-0.4, -0.2) is 47.4 Å². The largest absolute Gasteiger partial charge is 0.456 e. The van der Waals surface area contributed by atoms with Crippen molar-refractivity contribution in [1.82, 2.24) is 9.55 Å². The standard InChI is InChI=1S/C29H44N2O6S2Si/c1-18-16-31(27(34)30-25(18)32)24-15-22(23(36-24)17-35-40(9,10)29(6,7)8)37-26(33)21-14-12-11-13-20(21)19(2)38-39-28(3,4)5/h11-14,16,19,22-24H,15,17H2,1-10H3,(H,30,32,34)/t19?,22-,23-,24-/m1/s1. The molecule has 3 rings (SSSR count). The van der Waals surface area contributed by atoms with E-state index in [1.165, 1.54) is 10.8 Å². The van der Waals surface area contributed by atoms with E-state index in [9.17, 15) is 14.4 Å². The minimum atomic E-state index is -2.12. The molecule has 1 unspecified atom stereocenters. The van der Waals surface area contributed by atoms with Gasteiger partial charge in [0.05, 0.1) is 12.2 Å². The highest BCUT2D eigenvalue weighted by Crippen LogP contribution is 2.45. The molecule has 1 saturated heterocycles. The van der Waals surface area contributed by atoms with Crippen LogP contribution in [0, 0.1) is 6.92 Å². The van der Waals surface area contributed by atoms with Gasteiger partial charge in [-0.1, -0.05) is 81.3 Å². The fourth-order valence-electron chi connectivity index (χ4n) is 3.96. The maximum absolute atomic E-state index is 13.6. The van der Waals surface area contributed by atoms with Crippen molar-refractivity contribution in [3.8, 4) is 0 Å². The lowest BCUT2D eigenvalue weighted by Gasteiger charge is -2.37. The highest BCUT2D eigenvalue weighted by molar-refractivity contribution is 8.77. The molecule has 1 aliphatic rings. The average molecular weight is 609 g/mol. The van der Waals surface area contributed by atoms with Gasteiger partial charge in [-0.3, -0.25) is 14.3 Å². The number of aromatic nitrogens is 2. The van der Waals surface area contributed by atoms with Crippen molar-refractivity contribution in [2.75, 3.05) is 6.61 Å². The first-order chi connectivity index (χ1) is 18.4. The van der Waals surface area contributed by atoms with Crippen molar-refractivity contribution < 1.29 is 18.7 Å². The van der Waals surface area contributed by atoms with Crippen LogP contribution in [0.4, 0.5) is 0 Å². The molecule has 1 N–H and O–H groups in total. The fourth-order valence-corrected chi connectivity index (χ4v) is 7.33. The van der Waals surface area contributed by atoms with Gasteiger partial charge in [-0.25, -0.2) is 9.59 Å². The molecule has 2 aromatic rings. The van der Waals surface area contributed by atoms with Crippen LogP contribution in [0.5, 0.6) is 0 Å². The summed E-state index contributed by atoms with van der Waals surface area (Å²) in [5.74, 6) is -0.430. The molecule has 222 valence electrons. The van der Waals surface area contributed by atoms with Crippen molar-refractivity contribution in [2.24, 2.45) is 0 Å². The summed E-state index contributed by atoms with van der Waals surface area (Å²) in [7, 11) is 1.38. The number of benzene rings is 1. The van der Waals surface area contributed by atoms with E-state index in [1.807, 2.05) is 18.2 Å².